The number of nitrogens with zero attached hydrogens (tertiary/aromatic N) is 2. The van der Waals surface area contributed by atoms with Crippen LogP contribution < -0.4 is 0 Å². The number of rotatable bonds is 3. The summed E-state index contributed by atoms with van der Waals surface area (Å²) in [6.45, 7) is 3.65. The maximum absolute atomic E-state index is 10.7. The van der Waals surface area contributed by atoms with Crippen molar-refractivity contribution in [2.75, 3.05) is 13.6 Å². The lowest BCUT2D eigenvalue weighted by atomic mass is 9.97. The van der Waals surface area contributed by atoms with Crippen molar-refractivity contribution in [3.8, 4) is 0 Å². The molecule has 5 nitrogen and oxygen atoms in total. The third-order valence-corrected chi connectivity index (χ3v) is 2.99. The summed E-state index contributed by atoms with van der Waals surface area (Å²) in [5.74, 6) is -0.175. The van der Waals surface area contributed by atoms with E-state index in [1.807, 2.05) is 14.0 Å². The minimum absolute atomic E-state index is 0.0886. The topological polar surface area (TPSA) is 66.6 Å². The van der Waals surface area contributed by atoms with E-state index in [0.717, 1.165) is 36.5 Å². The van der Waals surface area contributed by atoms with E-state index in [2.05, 4.69) is 10.1 Å². The van der Waals surface area contributed by atoms with Crippen LogP contribution in [0, 0.1) is 0 Å². The van der Waals surface area contributed by atoms with E-state index >= 15 is 0 Å². The molecule has 5 heteroatoms. The standard InChI is InChI=1S/C11H16N2O3/c1-7(5-10(14)15)11-8-6-13(2)4-3-9(8)12-16-11/h7H,3-6H2,1-2H3,(H,14,15). The molecule has 0 spiro atoms. The molecule has 1 unspecified atom stereocenters. The lowest BCUT2D eigenvalue weighted by Gasteiger charge is -2.21. The highest BCUT2D eigenvalue weighted by Crippen LogP contribution is 2.28. The normalized spacial score (nSPS) is 18.1. The van der Waals surface area contributed by atoms with Gasteiger partial charge in [-0.3, -0.25) is 4.79 Å². The molecule has 2 heterocycles. The molecule has 1 aromatic heterocycles. The van der Waals surface area contributed by atoms with Crippen molar-refractivity contribution in [1.29, 1.82) is 0 Å². The molecular weight excluding hydrogens is 208 g/mol. The number of carbonyl (C=O) groups is 1. The number of aliphatic carboxylic acids is 1. The maximum atomic E-state index is 10.7. The summed E-state index contributed by atoms with van der Waals surface area (Å²) in [7, 11) is 2.04. The summed E-state index contributed by atoms with van der Waals surface area (Å²) >= 11 is 0. The van der Waals surface area contributed by atoms with Crippen LogP contribution in [-0.4, -0.2) is 34.7 Å². The molecule has 0 aromatic carbocycles. The number of hydrogen-bond donors (Lipinski definition) is 1. The van der Waals surface area contributed by atoms with Crippen LogP contribution >= 0.6 is 0 Å². The zero-order valence-corrected chi connectivity index (χ0v) is 9.56. The second kappa shape index (κ2) is 4.25. The van der Waals surface area contributed by atoms with Crippen molar-refractivity contribution in [2.45, 2.75) is 32.2 Å². The number of fused-ring (bicyclic) bond motifs is 1. The highest BCUT2D eigenvalue weighted by atomic mass is 16.5. The van der Waals surface area contributed by atoms with Crippen LogP contribution in [0.3, 0.4) is 0 Å². The van der Waals surface area contributed by atoms with Gasteiger partial charge in [-0.15, -0.1) is 0 Å². The first-order valence-electron chi connectivity index (χ1n) is 5.45. The fraction of sp³-hybridized carbons (Fsp3) is 0.636. The Morgan fingerprint density at radius 1 is 1.69 bits per heavy atom. The lowest BCUT2D eigenvalue weighted by molar-refractivity contribution is -0.137. The Labute approximate surface area is 94.0 Å². The average molecular weight is 224 g/mol. The van der Waals surface area contributed by atoms with Gasteiger partial charge in [0.15, 0.2) is 0 Å². The number of carboxylic acids is 1. The first-order valence-corrected chi connectivity index (χ1v) is 5.45. The van der Waals surface area contributed by atoms with Crippen molar-refractivity contribution in [2.24, 2.45) is 0 Å². The van der Waals surface area contributed by atoms with Crippen LogP contribution in [0.15, 0.2) is 4.52 Å². The second-order valence-corrected chi connectivity index (χ2v) is 4.46. The van der Waals surface area contributed by atoms with Gasteiger partial charge in [0.05, 0.1) is 12.1 Å². The quantitative estimate of drug-likeness (QED) is 0.836. The Morgan fingerprint density at radius 2 is 2.44 bits per heavy atom. The van der Waals surface area contributed by atoms with Gasteiger partial charge in [0.1, 0.15) is 5.76 Å². The monoisotopic (exact) mass is 224 g/mol. The molecule has 0 saturated carbocycles. The molecule has 0 saturated heterocycles. The lowest BCUT2D eigenvalue weighted by Crippen LogP contribution is -2.26. The predicted octanol–water partition coefficient (Wildman–Crippen LogP) is 1.24. The van der Waals surface area contributed by atoms with E-state index < -0.39 is 5.97 Å². The van der Waals surface area contributed by atoms with E-state index in [9.17, 15) is 4.79 Å². The van der Waals surface area contributed by atoms with Crippen LogP contribution in [0.2, 0.25) is 0 Å². The van der Waals surface area contributed by atoms with E-state index in [1.165, 1.54) is 0 Å². The molecule has 1 aliphatic rings. The molecule has 0 radical (unpaired) electrons. The molecule has 0 aliphatic carbocycles. The molecule has 1 N–H and O–H groups in total. The number of hydrogen-bond acceptors (Lipinski definition) is 4. The second-order valence-electron chi connectivity index (χ2n) is 4.46. The summed E-state index contributed by atoms with van der Waals surface area (Å²) in [6.07, 6.45) is 0.973. The number of carboxylic acid groups (broad SMARTS) is 1. The minimum atomic E-state index is -0.804. The molecule has 0 amide bonds. The fourth-order valence-electron chi connectivity index (χ4n) is 2.11. The summed E-state index contributed by atoms with van der Waals surface area (Å²) in [4.78, 5) is 12.9. The summed E-state index contributed by atoms with van der Waals surface area (Å²) in [6, 6.07) is 0. The van der Waals surface area contributed by atoms with Crippen LogP contribution in [0.5, 0.6) is 0 Å². The molecule has 1 aromatic rings. The zero-order chi connectivity index (χ0) is 11.7. The predicted molar refractivity (Wildman–Crippen MR) is 57.2 cm³/mol. The summed E-state index contributed by atoms with van der Waals surface area (Å²) in [5, 5.41) is 12.8. The summed E-state index contributed by atoms with van der Waals surface area (Å²) < 4.78 is 5.29. The smallest absolute Gasteiger partial charge is 0.304 e. The number of likely N-dealkylation sites (N-methyl/N-ethyl adjacent to an activating group) is 1. The minimum Gasteiger partial charge on any atom is -0.481 e. The molecule has 0 fully saturated rings. The summed E-state index contributed by atoms with van der Waals surface area (Å²) in [5.41, 5.74) is 2.08. The Hall–Kier alpha value is -1.36. The highest BCUT2D eigenvalue weighted by Gasteiger charge is 2.26. The van der Waals surface area contributed by atoms with Gasteiger partial charge in [0.2, 0.25) is 0 Å². The molecular formula is C11H16N2O3. The maximum Gasteiger partial charge on any atom is 0.304 e. The van der Waals surface area contributed by atoms with E-state index in [1.54, 1.807) is 0 Å². The van der Waals surface area contributed by atoms with Gasteiger partial charge in [-0.1, -0.05) is 12.1 Å². The third kappa shape index (κ3) is 2.09. The van der Waals surface area contributed by atoms with Gasteiger partial charge in [0.25, 0.3) is 0 Å². The molecule has 2 rings (SSSR count). The fourth-order valence-corrected chi connectivity index (χ4v) is 2.11. The highest BCUT2D eigenvalue weighted by molar-refractivity contribution is 5.67. The zero-order valence-electron chi connectivity index (χ0n) is 9.56. The largest absolute Gasteiger partial charge is 0.481 e. The first kappa shape index (κ1) is 11.1. The van der Waals surface area contributed by atoms with Gasteiger partial charge in [-0.05, 0) is 7.05 Å². The van der Waals surface area contributed by atoms with Gasteiger partial charge in [-0.25, -0.2) is 0 Å². The Balaban J connectivity index is 2.22. The van der Waals surface area contributed by atoms with Gasteiger partial charge in [0, 0.05) is 31.0 Å². The van der Waals surface area contributed by atoms with Crippen LogP contribution in [0.4, 0.5) is 0 Å². The van der Waals surface area contributed by atoms with Crippen LogP contribution in [-0.2, 0) is 17.8 Å². The Kier molecular flexibility index (Phi) is 2.96. The van der Waals surface area contributed by atoms with Gasteiger partial charge < -0.3 is 14.5 Å². The van der Waals surface area contributed by atoms with E-state index in [-0.39, 0.29) is 12.3 Å². The number of aromatic nitrogens is 1. The first-order chi connectivity index (χ1) is 7.58. The van der Waals surface area contributed by atoms with Gasteiger partial charge >= 0.3 is 5.97 Å². The van der Waals surface area contributed by atoms with Crippen molar-refractivity contribution in [1.82, 2.24) is 10.1 Å². The molecule has 1 aliphatic heterocycles. The van der Waals surface area contributed by atoms with Gasteiger partial charge in [-0.2, -0.15) is 0 Å². The molecule has 16 heavy (non-hydrogen) atoms. The average Bonchev–Trinajstić information content (AvgIpc) is 2.59. The molecule has 88 valence electrons. The Bertz CT molecular complexity index is 400. The van der Waals surface area contributed by atoms with Crippen LogP contribution in [0.25, 0.3) is 0 Å². The van der Waals surface area contributed by atoms with Crippen molar-refractivity contribution < 1.29 is 14.4 Å². The molecule has 1 atom stereocenters. The SMILES string of the molecule is CC(CC(=O)O)c1onc2c1CN(C)CC2. The van der Waals surface area contributed by atoms with Crippen molar-refractivity contribution in [3.05, 3.63) is 17.0 Å². The van der Waals surface area contributed by atoms with Crippen molar-refractivity contribution in [3.63, 3.8) is 0 Å². The Morgan fingerprint density at radius 3 is 3.12 bits per heavy atom. The van der Waals surface area contributed by atoms with Crippen molar-refractivity contribution >= 4 is 5.97 Å². The third-order valence-electron chi connectivity index (χ3n) is 2.99. The van der Waals surface area contributed by atoms with Crippen LogP contribution in [0.1, 0.15) is 36.3 Å². The molecule has 0 bridgehead atoms. The van der Waals surface area contributed by atoms with E-state index in [4.69, 9.17) is 9.63 Å². The van der Waals surface area contributed by atoms with E-state index in [0.29, 0.717) is 0 Å².